The van der Waals surface area contributed by atoms with Gasteiger partial charge in [-0.25, -0.2) is 0 Å². The number of oxime groups is 1. The molecular formula is C9H16N2O. The molecule has 0 unspecified atom stereocenters. The van der Waals surface area contributed by atoms with Crippen molar-refractivity contribution in [3.8, 4) is 0 Å². The van der Waals surface area contributed by atoms with E-state index in [-0.39, 0.29) is 5.72 Å². The summed E-state index contributed by atoms with van der Waals surface area (Å²) in [7, 11) is 2.08. The van der Waals surface area contributed by atoms with Gasteiger partial charge in [-0.05, 0) is 19.8 Å². The molecule has 0 aromatic carbocycles. The zero-order chi connectivity index (χ0) is 8.60. The Bertz CT molecular complexity index is 207. The van der Waals surface area contributed by atoms with Crippen LogP contribution in [0.25, 0.3) is 0 Å². The summed E-state index contributed by atoms with van der Waals surface area (Å²) in [4.78, 5) is 7.71. The average Bonchev–Trinajstić information content (AvgIpc) is 2.37. The van der Waals surface area contributed by atoms with Crippen LogP contribution in [0.3, 0.4) is 0 Å². The molecule has 0 aromatic rings. The Morgan fingerprint density at radius 1 is 1.33 bits per heavy atom. The summed E-state index contributed by atoms with van der Waals surface area (Å²) in [5.41, 5.74) is -0.0671. The summed E-state index contributed by atoms with van der Waals surface area (Å²) in [6, 6.07) is 0. The topological polar surface area (TPSA) is 24.8 Å². The second kappa shape index (κ2) is 2.64. The third kappa shape index (κ3) is 0.993. The van der Waals surface area contributed by atoms with Gasteiger partial charge in [0.15, 0.2) is 0 Å². The van der Waals surface area contributed by atoms with Gasteiger partial charge in [0.05, 0.1) is 0 Å². The molecule has 12 heavy (non-hydrogen) atoms. The Morgan fingerprint density at radius 3 is 2.50 bits per heavy atom. The monoisotopic (exact) mass is 168 g/mol. The molecule has 1 spiro atoms. The maximum absolute atomic E-state index is 5.52. The normalized spacial score (nSPS) is 27.2. The van der Waals surface area contributed by atoms with E-state index in [1.54, 1.807) is 0 Å². The predicted molar refractivity (Wildman–Crippen MR) is 47.8 cm³/mol. The first-order valence-electron chi connectivity index (χ1n) is 4.71. The van der Waals surface area contributed by atoms with E-state index in [2.05, 4.69) is 17.1 Å². The molecule has 0 radical (unpaired) electrons. The number of hydrogen-bond donors (Lipinski definition) is 0. The molecule has 2 rings (SSSR count). The van der Waals surface area contributed by atoms with Crippen molar-refractivity contribution in [2.45, 2.75) is 44.8 Å². The molecule has 0 bridgehead atoms. The fourth-order valence-electron chi connectivity index (χ4n) is 2.10. The van der Waals surface area contributed by atoms with Crippen LogP contribution in [-0.4, -0.2) is 23.5 Å². The third-order valence-corrected chi connectivity index (χ3v) is 3.08. The van der Waals surface area contributed by atoms with E-state index in [1.807, 2.05) is 6.92 Å². The first-order chi connectivity index (χ1) is 5.75. The highest BCUT2D eigenvalue weighted by Gasteiger charge is 2.43. The zero-order valence-electron chi connectivity index (χ0n) is 7.84. The highest BCUT2D eigenvalue weighted by Crippen LogP contribution is 2.37. The lowest BCUT2D eigenvalue weighted by atomic mass is 9.91. The molecular weight excluding hydrogens is 152 g/mol. The van der Waals surface area contributed by atoms with Gasteiger partial charge in [0.1, 0.15) is 5.84 Å². The van der Waals surface area contributed by atoms with Gasteiger partial charge in [-0.15, -0.1) is 0 Å². The summed E-state index contributed by atoms with van der Waals surface area (Å²) < 4.78 is 0. The van der Waals surface area contributed by atoms with Crippen LogP contribution in [-0.2, 0) is 4.84 Å². The number of amidine groups is 1. The average molecular weight is 168 g/mol. The maximum atomic E-state index is 5.52. The van der Waals surface area contributed by atoms with Crippen molar-refractivity contribution in [1.82, 2.24) is 4.90 Å². The highest BCUT2D eigenvalue weighted by atomic mass is 16.7. The Kier molecular flexibility index (Phi) is 1.74. The van der Waals surface area contributed by atoms with E-state index in [4.69, 9.17) is 4.84 Å². The van der Waals surface area contributed by atoms with E-state index in [1.165, 1.54) is 19.3 Å². The summed E-state index contributed by atoms with van der Waals surface area (Å²) in [5.74, 6) is 1.01. The lowest BCUT2D eigenvalue weighted by Gasteiger charge is -2.37. The van der Waals surface area contributed by atoms with Crippen molar-refractivity contribution >= 4 is 5.84 Å². The van der Waals surface area contributed by atoms with E-state index < -0.39 is 0 Å². The van der Waals surface area contributed by atoms with Gasteiger partial charge in [0.2, 0.25) is 5.72 Å². The zero-order valence-corrected chi connectivity index (χ0v) is 7.84. The Morgan fingerprint density at radius 2 is 2.00 bits per heavy atom. The molecule has 3 heteroatoms. The number of nitrogens with zero attached hydrogens (tertiary/aromatic N) is 2. The lowest BCUT2D eigenvalue weighted by molar-refractivity contribution is -0.113. The van der Waals surface area contributed by atoms with Crippen molar-refractivity contribution in [3.63, 3.8) is 0 Å². The summed E-state index contributed by atoms with van der Waals surface area (Å²) in [5, 5.41) is 4.04. The largest absolute Gasteiger partial charge is 0.365 e. The van der Waals surface area contributed by atoms with Gasteiger partial charge < -0.3 is 9.74 Å². The van der Waals surface area contributed by atoms with Gasteiger partial charge in [-0.1, -0.05) is 11.6 Å². The summed E-state index contributed by atoms with van der Waals surface area (Å²) in [6.07, 6.45) is 6.15. The Hall–Kier alpha value is -0.730. The van der Waals surface area contributed by atoms with E-state index in [0.717, 1.165) is 18.7 Å². The molecule has 1 aliphatic heterocycles. The van der Waals surface area contributed by atoms with Gasteiger partial charge in [0.25, 0.3) is 0 Å². The number of hydrogen-bond acceptors (Lipinski definition) is 3. The molecule has 1 aliphatic carbocycles. The molecule has 0 aromatic heterocycles. The predicted octanol–water partition coefficient (Wildman–Crippen LogP) is 1.94. The second-order valence-corrected chi connectivity index (χ2v) is 3.80. The lowest BCUT2D eigenvalue weighted by Crippen LogP contribution is -2.46. The minimum absolute atomic E-state index is 0.0671. The minimum Gasteiger partial charge on any atom is -0.365 e. The Labute approximate surface area is 73.4 Å². The van der Waals surface area contributed by atoms with Crippen LogP contribution in [0.2, 0.25) is 0 Å². The highest BCUT2D eigenvalue weighted by molar-refractivity contribution is 5.80. The SMILES string of the molecule is CC1=NOC2(CCCCC2)N1C. The summed E-state index contributed by atoms with van der Waals surface area (Å²) in [6.45, 7) is 2.00. The molecule has 1 saturated carbocycles. The smallest absolute Gasteiger partial charge is 0.210 e. The molecule has 0 amide bonds. The van der Waals surface area contributed by atoms with Gasteiger partial charge in [-0.3, -0.25) is 0 Å². The van der Waals surface area contributed by atoms with Crippen LogP contribution in [0.4, 0.5) is 0 Å². The van der Waals surface area contributed by atoms with Crippen LogP contribution in [0, 0.1) is 0 Å². The molecule has 1 heterocycles. The molecule has 0 atom stereocenters. The molecule has 2 aliphatic rings. The maximum Gasteiger partial charge on any atom is 0.210 e. The van der Waals surface area contributed by atoms with E-state index >= 15 is 0 Å². The fraction of sp³-hybridized carbons (Fsp3) is 0.889. The van der Waals surface area contributed by atoms with Gasteiger partial charge in [0, 0.05) is 19.9 Å². The molecule has 1 fully saturated rings. The van der Waals surface area contributed by atoms with Crippen molar-refractivity contribution in [2.24, 2.45) is 5.16 Å². The van der Waals surface area contributed by atoms with Crippen LogP contribution in [0.1, 0.15) is 39.0 Å². The minimum atomic E-state index is -0.0671. The molecule has 0 N–H and O–H groups in total. The van der Waals surface area contributed by atoms with Crippen LogP contribution < -0.4 is 0 Å². The number of rotatable bonds is 0. The van der Waals surface area contributed by atoms with E-state index in [0.29, 0.717) is 0 Å². The Balaban J connectivity index is 2.12. The van der Waals surface area contributed by atoms with Crippen molar-refractivity contribution in [2.75, 3.05) is 7.05 Å². The second-order valence-electron chi connectivity index (χ2n) is 3.80. The van der Waals surface area contributed by atoms with Crippen molar-refractivity contribution in [3.05, 3.63) is 0 Å². The van der Waals surface area contributed by atoms with E-state index in [9.17, 15) is 0 Å². The van der Waals surface area contributed by atoms with Crippen molar-refractivity contribution in [1.29, 1.82) is 0 Å². The standard InChI is InChI=1S/C9H16N2O/c1-8-10-12-9(11(8)2)6-4-3-5-7-9/h3-7H2,1-2H3. The molecule has 0 saturated heterocycles. The summed E-state index contributed by atoms with van der Waals surface area (Å²) >= 11 is 0. The fourth-order valence-corrected chi connectivity index (χ4v) is 2.10. The van der Waals surface area contributed by atoms with Gasteiger partial charge in [-0.2, -0.15) is 0 Å². The molecule has 3 nitrogen and oxygen atoms in total. The molecule has 68 valence electrons. The first-order valence-corrected chi connectivity index (χ1v) is 4.71. The van der Waals surface area contributed by atoms with Gasteiger partial charge >= 0.3 is 0 Å². The van der Waals surface area contributed by atoms with Crippen LogP contribution in [0.5, 0.6) is 0 Å². The van der Waals surface area contributed by atoms with Crippen molar-refractivity contribution < 1.29 is 4.84 Å². The quantitative estimate of drug-likeness (QED) is 0.552. The first kappa shape index (κ1) is 7.90. The van der Waals surface area contributed by atoms with Crippen LogP contribution in [0.15, 0.2) is 5.16 Å². The third-order valence-electron chi connectivity index (χ3n) is 3.08. The van der Waals surface area contributed by atoms with Crippen LogP contribution >= 0.6 is 0 Å².